The maximum absolute atomic E-state index is 12.4. The van der Waals surface area contributed by atoms with Crippen LogP contribution in [0.3, 0.4) is 0 Å². The van der Waals surface area contributed by atoms with Crippen molar-refractivity contribution >= 4 is 39.3 Å². The monoisotopic (exact) mass is 375 g/mol. The van der Waals surface area contributed by atoms with Crippen molar-refractivity contribution in [3.05, 3.63) is 75.9 Å². The lowest BCUT2D eigenvalue weighted by Gasteiger charge is -2.10. The van der Waals surface area contributed by atoms with Gasteiger partial charge in [0.15, 0.2) is 5.82 Å². The van der Waals surface area contributed by atoms with Gasteiger partial charge in [0, 0.05) is 0 Å². The van der Waals surface area contributed by atoms with Gasteiger partial charge in [-0.2, -0.15) is 5.10 Å². The van der Waals surface area contributed by atoms with Crippen molar-refractivity contribution in [3.8, 4) is 5.69 Å². The minimum Gasteiger partial charge on any atom is -0.305 e. The Morgan fingerprint density at radius 2 is 1.77 bits per heavy atom. The van der Waals surface area contributed by atoms with E-state index < -0.39 is 0 Å². The maximum Gasteiger partial charge on any atom is 0.258 e. The lowest BCUT2D eigenvalue weighted by Crippen LogP contribution is -2.16. The zero-order valence-electron chi connectivity index (χ0n) is 11.3. The van der Waals surface area contributed by atoms with E-state index in [1.165, 1.54) is 0 Å². The van der Waals surface area contributed by atoms with Gasteiger partial charge in [0.05, 0.1) is 26.9 Å². The molecule has 3 aromatic rings. The molecular formula is C16H11BrClN3O. The Hall–Kier alpha value is -2.11. The summed E-state index contributed by atoms with van der Waals surface area (Å²) >= 11 is 9.46. The number of benzene rings is 2. The van der Waals surface area contributed by atoms with E-state index in [-0.39, 0.29) is 5.91 Å². The second-order valence-electron chi connectivity index (χ2n) is 4.52. The molecular weight excluding hydrogens is 366 g/mol. The lowest BCUT2D eigenvalue weighted by atomic mass is 10.2. The molecule has 0 saturated heterocycles. The van der Waals surface area contributed by atoms with Gasteiger partial charge < -0.3 is 5.32 Å². The van der Waals surface area contributed by atoms with E-state index in [4.69, 9.17) is 11.6 Å². The Morgan fingerprint density at radius 3 is 2.50 bits per heavy atom. The summed E-state index contributed by atoms with van der Waals surface area (Å²) < 4.78 is 2.34. The number of hydrogen-bond acceptors (Lipinski definition) is 2. The Balaban J connectivity index is 1.95. The Labute approximate surface area is 140 Å². The number of amides is 1. The van der Waals surface area contributed by atoms with Crippen LogP contribution < -0.4 is 5.32 Å². The van der Waals surface area contributed by atoms with E-state index in [0.717, 1.165) is 5.69 Å². The number of carbonyl (C=O) groups excluding carboxylic acids is 1. The van der Waals surface area contributed by atoms with Gasteiger partial charge in [-0.25, -0.2) is 4.68 Å². The minimum atomic E-state index is -0.288. The lowest BCUT2D eigenvalue weighted by molar-refractivity contribution is 0.102. The summed E-state index contributed by atoms with van der Waals surface area (Å²) in [6, 6.07) is 16.5. The van der Waals surface area contributed by atoms with E-state index in [0.29, 0.717) is 20.9 Å². The second kappa shape index (κ2) is 6.34. The molecule has 0 unspecified atom stereocenters. The van der Waals surface area contributed by atoms with Crippen molar-refractivity contribution < 1.29 is 4.79 Å². The van der Waals surface area contributed by atoms with Gasteiger partial charge in [-0.05, 0) is 40.2 Å². The number of rotatable bonds is 3. The number of para-hydroxylation sites is 1. The molecule has 3 rings (SSSR count). The SMILES string of the molecule is O=C(Nc1c(Br)cnn1-c1ccccc1)c1ccccc1Cl. The highest BCUT2D eigenvalue weighted by Crippen LogP contribution is 2.26. The van der Waals surface area contributed by atoms with Crippen LogP contribution in [0.25, 0.3) is 5.69 Å². The Kier molecular flexibility index (Phi) is 4.27. The fourth-order valence-corrected chi connectivity index (χ4v) is 2.61. The molecule has 0 bridgehead atoms. The van der Waals surface area contributed by atoms with Gasteiger partial charge in [0.25, 0.3) is 5.91 Å². The fraction of sp³-hybridized carbons (Fsp3) is 0. The first-order valence-corrected chi connectivity index (χ1v) is 7.69. The summed E-state index contributed by atoms with van der Waals surface area (Å²) in [6.07, 6.45) is 1.63. The zero-order chi connectivity index (χ0) is 15.5. The van der Waals surface area contributed by atoms with Crippen molar-refractivity contribution in [2.45, 2.75) is 0 Å². The van der Waals surface area contributed by atoms with Crippen molar-refractivity contribution in [1.29, 1.82) is 0 Å². The predicted molar refractivity (Wildman–Crippen MR) is 90.7 cm³/mol. The quantitative estimate of drug-likeness (QED) is 0.729. The molecule has 0 aliphatic rings. The van der Waals surface area contributed by atoms with Crippen LogP contribution in [-0.4, -0.2) is 15.7 Å². The molecule has 110 valence electrons. The summed E-state index contributed by atoms with van der Waals surface area (Å²) in [6.45, 7) is 0. The van der Waals surface area contributed by atoms with Crippen molar-refractivity contribution in [2.24, 2.45) is 0 Å². The molecule has 0 aliphatic carbocycles. The van der Waals surface area contributed by atoms with Crippen molar-refractivity contribution in [3.63, 3.8) is 0 Å². The summed E-state index contributed by atoms with van der Waals surface area (Å²) in [5.41, 5.74) is 1.26. The standard InChI is InChI=1S/C16H11BrClN3O/c17-13-10-19-21(11-6-2-1-3-7-11)15(13)20-16(22)12-8-4-5-9-14(12)18/h1-10H,(H,20,22). The molecule has 2 aromatic carbocycles. The summed E-state index contributed by atoms with van der Waals surface area (Å²) in [5.74, 6) is 0.264. The van der Waals surface area contributed by atoms with Gasteiger partial charge >= 0.3 is 0 Å². The number of nitrogens with zero attached hydrogens (tertiary/aromatic N) is 2. The number of anilines is 1. The third-order valence-corrected chi connectivity index (χ3v) is 3.99. The van der Waals surface area contributed by atoms with E-state index in [2.05, 4.69) is 26.3 Å². The van der Waals surface area contributed by atoms with Gasteiger partial charge in [-0.15, -0.1) is 0 Å². The van der Waals surface area contributed by atoms with E-state index >= 15 is 0 Å². The highest BCUT2D eigenvalue weighted by molar-refractivity contribution is 9.10. The first-order valence-electron chi connectivity index (χ1n) is 6.51. The van der Waals surface area contributed by atoms with Crippen molar-refractivity contribution in [2.75, 3.05) is 5.32 Å². The van der Waals surface area contributed by atoms with Crippen LogP contribution in [0.2, 0.25) is 5.02 Å². The second-order valence-corrected chi connectivity index (χ2v) is 5.78. The average Bonchev–Trinajstić information content (AvgIpc) is 2.89. The number of carbonyl (C=O) groups is 1. The first kappa shape index (κ1) is 14.8. The molecule has 1 heterocycles. The molecule has 1 N–H and O–H groups in total. The third-order valence-electron chi connectivity index (χ3n) is 3.08. The van der Waals surface area contributed by atoms with E-state index in [1.54, 1.807) is 35.1 Å². The maximum atomic E-state index is 12.4. The molecule has 0 saturated carbocycles. The van der Waals surface area contributed by atoms with Crippen LogP contribution in [-0.2, 0) is 0 Å². The summed E-state index contributed by atoms with van der Waals surface area (Å²) in [5, 5.41) is 7.53. The van der Waals surface area contributed by atoms with Gasteiger partial charge in [-0.3, -0.25) is 4.79 Å². The Morgan fingerprint density at radius 1 is 1.09 bits per heavy atom. The molecule has 4 nitrogen and oxygen atoms in total. The van der Waals surface area contributed by atoms with Crippen LogP contribution in [0, 0.1) is 0 Å². The first-order chi connectivity index (χ1) is 10.7. The van der Waals surface area contributed by atoms with Gasteiger partial charge in [0.2, 0.25) is 0 Å². The van der Waals surface area contributed by atoms with Crippen LogP contribution in [0.15, 0.2) is 65.3 Å². The minimum absolute atomic E-state index is 0.288. The largest absolute Gasteiger partial charge is 0.305 e. The Bertz CT molecular complexity index is 817. The fourth-order valence-electron chi connectivity index (χ4n) is 2.03. The molecule has 22 heavy (non-hydrogen) atoms. The van der Waals surface area contributed by atoms with E-state index in [9.17, 15) is 4.79 Å². The molecule has 0 radical (unpaired) electrons. The highest BCUT2D eigenvalue weighted by atomic mass is 79.9. The van der Waals surface area contributed by atoms with Gasteiger partial charge in [-0.1, -0.05) is 41.9 Å². The molecule has 0 atom stereocenters. The topological polar surface area (TPSA) is 46.9 Å². The van der Waals surface area contributed by atoms with Crippen molar-refractivity contribution in [1.82, 2.24) is 9.78 Å². The number of aromatic nitrogens is 2. The van der Waals surface area contributed by atoms with Crippen LogP contribution >= 0.6 is 27.5 Å². The molecule has 0 aliphatic heterocycles. The molecule has 0 spiro atoms. The predicted octanol–water partition coefficient (Wildman–Crippen LogP) is 4.54. The van der Waals surface area contributed by atoms with Gasteiger partial charge in [0.1, 0.15) is 0 Å². The van der Waals surface area contributed by atoms with Crippen LogP contribution in [0.5, 0.6) is 0 Å². The number of hydrogen-bond donors (Lipinski definition) is 1. The van der Waals surface area contributed by atoms with Crippen LogP contribution in [0.4, 0.5) is 5.82 Å². The number of halogens is 2. The average molecular weight is 377 g/mol. The zero-order valence-corrected chi connectivity index (χ0v) is 13.7. The molecule has 1 amide bonds. The smallest absolute Gasteiger partial charge is 0.258 e. The normalized spacial score (nSPS) is 10.5. The number of nitrogens with one attached hydrogen (secondary N) is 1. The highest BCUT2D eigenvalue weighted by Gasteiger charge is 2.16. The van der Waals surface area contributed by atoms with Crippen LogP contribution in [0.1, 0.15) is 10.4 Å². The molecule has 0 fully saturated rings. The summed E-state index contributed by atoms with van der Waals surface area (Å²) in [7, 11) is 0. The molecule has 6 heteroatoms. The summed E-state index contributed by atoms with van der Waals surface area (Å²) in [4.78, 5) is 12.4. The van der Waals surface area contributed by atoms with E-state index in [1.807, 2.05) is 30.3 Å². The third kappa shape index (κ3) is 2.91. The molecule has 1 aromatic heterocycles.